The monoisotopic (exact) mass is 425 g/mol. The molecule has 1 aromatic heterocycles. The largest absolute Gasteiger partial charge is 0.481 e. The Morgan fingerprint density at radius 1 is 1.29 bits per heavy atom. The molecule has 168 valence electrons. The highest BCUT2D eigenvalue weighted by atomic mass is 16.5. The first-order valence-corrected chi connectivity index (χ1v) is 11.2. The molecule has 0 bridgehead atoms. The van der Waals surface area contributed by atoms with Crippen LogP contribution in [-0.2, 0) is 14.3 Å². The van der Waals surface area contributed by atoms with E-state index in [-0.39, 0.29) is 36.2 Å². The number of esters is 1. The molecule has 5 nitrogen and oxygen atoms in total. The van der Waals surface area contributed by atoms with Gasteiger partial charge in [0.15, 0.2) is 0 Å². The normalized spacial score (nSPS) is 25.8. The van der Waals surface area contributed by atoms with Gasteiger partial charge in [0.05, 0.1) is 6.42 Å². The van der Waals surface area contributed by atoms with E-state index in [1.54, 1.807) is 6.20 Å². The number of carboxylic acids is 1. The van der Waals surface area contributed by atoms with Crippen LogP contribution in [0.5, 0.6) is 0 Å². The molecular weight excluding hydrogens is 390 g/mol. The highest BCUT2D eigenvalue weighted by molar-refractivity contribution is 5.70. The molecule has 0 aromatic carbocycles. The van der Waals surface area contributed by atoms with Crippen molar-refractivity contribution in [2.75, 3.05) is 0 Å². The van der Waals surface area contributed by atoms with E-state index < -0.39 is 5.97 Å². The molecule has 0 saturated carbocycles. The van der Waals surface area contributed by atoms with Crippen LogP contribution in [0.15, 0.2) is 60.3 Å². The molecule has 0 aliphatic carbocycles. The summed E-state index contributed by atoms with van der Waals surface area (Å²) in [5.41, 5.74) is 1.96. The Morgan fingerprint density at radius 2 is 2.10 bits per heavy atom. The topological polar surface area (TPSA) is 76.5 Å². The molecule has 0 unspecified atom stereocenters. The number of rotatable bonds is 6. The van der Waals surface area contributed by atoms with Crippen LogP contribution in [0.25, 0.3) is 0 Å². The van der Waals surface area contributed by atoms with Crippen molar-refractivity contribution in [1.29, 1.82) is 0 Å². The van der Waals surface area contributed by atoms with E-state index in [2.05, 4.69) is 18.0 Å². The molecule has 0 saturated heterocycles. The van der Waals surface area contributed by atoms with Crippen LogP contribution in [-0.4, -0.2) is 28.1 Å². The van der Waals surface area contributed by atoms with Crippen LogP contribution in [0.1, 0.15) is 70.9 Å². The maximum Gasteiger partial charge on any atom is 0.306 e. The van der Waals surface area contributed by atoms with Crippen LogP contribution in [0.2, 0.25) is 0 Å². The van der Waals surface area contributed by atoms with Gasteiger partial charge in [-0.1, -0.05) is 63.1 Å². The van der Waals surface area contributed by atoms with Gasteiger partial charge < -0.3 is 9.84 Å². The number of hydrogen-bond acceptors (Lipinski definition) is 4. The molecule has 2 rings (SSSR count). The van der Waals surface area contributed by atoms with Gasteiger partial charge in [-0.15, -0.1) is 0 Å². The highest BCUT2D eigenvalue weighted by Gasteiger charge is 2.22. The summed E-state index contributed by atoms with van der Waals surface area (Å²) in [5.74, 6) is -0.804. The number of aliphatic carboxylic acids is 1. The van der Waals surface area contributed by atoms with Crippen LogP contribution in [0, 0.1) is 11.8 Å². The zero-order valence-electron chi connectivity index (χ0n) is 18.9. The van der Waals surface area contributed by atoms with Crippen LogP contribution in [0.3, 0.4) is 0 Å². The summed E-state index contributed by atoms with van der Waals surface area (Å²) in [5, 5.41) is 9.19. The van der Waals surface area contributed by atoms with E-state index in [0.717, 1.165) is 37.0 Å². The maximum absolute atomic E-state index is 12.4. The van der Waals surface area contributed by atoms with Gasteiger partial charge in [-0.05, 0) is 43.4 Å². The summed E-state index contributed by atoms with van der Waals surface area (Å²) in [7, 11) is 0. The van der Waals surface area contributed by atoms with Crippen LogP contribution < -0.4 is 0 Å². The zero-order chi connectivity index (χ0) is 22.6. The molecule has 31 heavy (non-hydrogen) atoms. The second-order valence-corrected chi connectivity index (χ2v) is 8.45. The third kappa shape index (κ3) is 8.91. The van der Waals surface area contributed by atoms with Crippen molar-refractivity contribution in [1.82, 2.24) is 4.98 Å². The fourth-order valence-corrected chi connectivity index (χ4v) is 3.80. The van der Waals surface area contributed by atoms with E-state index in [9.17, 15) is 14.7 Å². The molecule has 0 amide bonds. The summed E-state index contributed by atoms with van der Waals surface area (Å²) >= 11 is 0. The molecule has 2 heterocycles. The van der Waals surface area contributed by atoms with Crippen LogP contribution >= 0.6 is 0 Å². The lowest BCUT2D eigenvalue weighted by Crippen LogP contribution is -2.26. The standard InChI is InChI=1S/C26H35NO4/c1-19(23-13-7-8-17-27-23)10-9-11-20(2)26-21(3)15-16-22(18-24(28)29)12-5-4-6-14-25(30)31-26/h7-11,13,15-17,19,21-22,26H,4-6,12,14,18H2,1-3H3,(H,28,29)/b10-9+,16-15+,20-11+/t19-,21+,22+,26-/m1/s1. The zero-order valence-corrected chi connectivity index (χ0v) is 18.9. The SMILES string of the molecule is C/C(=C\C=C\[C@@H](C)c1ccccn1)[C@H]1OC(=O)CCCCC[C@H](CC(=O)O)/C=C/[C@@H]1C. The average Bonchev–Trinajstić information content (AvgIpc) is 2.74. The first kappa shape index (κ1) is 24.6. The number of nitrogens with zero attached hydrogens (tertiary/aromatic N) is 1. The van der Waals surface area contributed by atoms with Gasteiger partial charge in [-0.2, -0.15) is 0 Å². The van der Waals surface area contributed by atoms with Gasteiger partial charge in [-0.25, -0.2) is 0 Å². The minimum Gasteiger partial charge on any atom is -0.481 e. The fourth-order valence-electron chi connectivity index (χ4n) is 3.80. The van der Waals surface area contributed by atoms with Gasteiger partial charge in [0.1, 0.15) is 6.10 Å². The first-order valence-electron chi connectivity index (χ1n) is 11.2. The smallest absolute Gasteiger partial charge is 0.306 e. The number of ether oxygens (including phenoxy) is 1. The van der Waals surface area contributed by atoms with Gasteiger partial charge in [0.25, 0.3) is 0 Å². The minimum atomic E-state index is -0.777. The van der Waals surface area contributed by atoms with Crippen molar-refractivity contribution in [3.05, 3.63) is 66.0 Å². The van der Waals surface area contributed by atoms with Crippen molar-refractivity contribution < 1.29 is 19.4 Å². The Hall–Kier alpha value is -2.69. The molecule has 1 aliphatic heterocycles. The Kier molecular flexibility index (Phi) is 10.2. The summed E-state index contributed by atoms with van der Waals surface area (Å²) < 4.78 is 5.83. The number of carbonyl (C=O) groups excluding carboxylic acids is 1. The molecule has 0 radical (unpaired) electrons. The van der Waals surface area contributed by atoms with Gasteiger partial charge in [0, 0.05) is 30.1 Å². The van der Waals surface area contributed by atoms with Crippen molar-refractivity contribution in [2.24, 2.45) is 11.8 Å². The Bertz CT molecular complexity index is 797. The van der Waals surface area contributed by atoms with E-state index in [1.807, 2.05) is 56.4 Å². The van der Waals surface area contributed by atoms with Gasteiger partial charge in [-0.3, -0.25) is 14.6 Å². The first-order chi connectivity index (χ1) is 14.9. The number of carbonyl (C=O) groups is 2. The molecule has 5 heteroatoms. The van der Waals surface area contributed by atoms with E-state index in [0.29, 0.717) is 6.42 Å². The summed E-state index contributed by atoms with van der Waals surface area (Å²) in [6, 6.07) is 5.88. The quantitative estimate of drug-likeness (QED) is 0.352. The number of hydrogen-bond donors (Lipinski definition) is 1. The third-order valence-corrected chi connectivity index (χ3v) is 5.68. The number of allylic oxidation sites excluding steroid dienone is 4. The number of aromatic nitrogens is 1. The third-order valence-electron chi connectivity index (χ3n) is 5.68. The van der Waals surface area contributed by atoms with Crippen molar-refractivity contribution in [3.63, 3.8) is 0 Å². The molecule has 0 spiro atoms. The molecule has 0 fully saturated rings. The van der Waals surface area contributed by atoms with Gasteiger partial charge >= 0.3 is 11.9 Å². The van der Waals surface area contributed by atoms with Crippen molar-refractivity contribution >= 4 is 11.9 Å². The number of pyridine rings is 1. The summed E-state index contributed by atoms with van der Waals surface area (Å²) in [6.45, 7) is 6.07. The number of cyclic esters (lactones) is 1. The molecular formula is C26H35NO4. The Labute approximate surface area is 185 Å². The molecule has 1 aliphatic rings. The Balaban J connectivity index is 2.15. The van der Waals surface area contributed by atoms with Crippen molar-refractivity contribution in [3.8, 4) is 0 Å². The Morgan fingerprint density at radius 3 is 2.81 bits per heavy atom. The lowest BCUT2D eigenvalue weighted by Gasteiger charge is -2.24. The minimum absolute atomic E-state index is 0.0131. The lowest BCUT2D eigenvalue weighted by atomic mass is 9.91. The fraction of sp³-hybridized carbons (Fsp3) is 0.500. The molecule has 4 atom stereocenters. The van der Waals surface area contributed by atoms with Crippen LogP contribution in [0.4, 0.5) is 0 Å². The van der Waals surface area contributed by atoms with E-state index >= 15 is 0 Å². The van der Waals surface area contributed by atoms with E-state index in [4.69, 9.17) is 4.74 Å². The highest BCUT2D eigenvalue weighted by Crippen LogP contribution is 2.24. The number of carboxylic acid groups (broad SMARTS) is 1. The lowest BCUT2D eigenvalue weighted by molar-refractivity contribution is -0.148. The van der Waals surface area contributed by atoms with Crippen molar-refractivity contribution in [2.45, 2.75) is 71.3 Å². The average molecular weight is 426 g/mol. The predicted molar refractivity (Wildman–Crippen MR) is 123 cm³/mol. The second-order valence-electron chi connectivity index (χ2n) is 8.45. The van der Waals surface area contributed by atoms with E-state index in [1.165, 1.54) is 0 Å². The predicted octanol–water partition coefficient (Wildman–Crippen LogP) is 5.85. The van der Waals surface area contributed by atoms with Gasteiger partial charge in [0.2, 0.25) is 0 Å². The molecule has 1 aromatic rings. The maximum atomic E-state index is 12.4. The second kappa shape index (κ2) is 12.9. The molecule has 1 N–H and O–H groups in total. The summed E-state index contributed by atoms with van der Waals surface area (Å²) in [6.07, 6.45) is 15.4. The summed E-state index contributed by atoms with van der Waals surface area (Å²) in [4.78, 5) is 27.9.